The minimum atomic E-state index is -0.631. The van der Waals surface area contributed by atoms with Crippen LogP contribution in [0, 0.1) is 0 Å². The van der Waals surface area contributed by atoms with Crippen molar-refractivity contribution in [2.24, 2.45) is 0 Å². The molecular formula is C47H31N5. The molecule has 0 unspecified atom stereocenters. The van der Waals surface area contributed by atoms with Crippen molar-refractivity contribution in [3.05, 3.63) is 211 Å². The molecule has 244 valence electrons. The summed E-state index contributed by atoms with van der Waals surface area (Å²) in [5.41, 5.74) is 11.1. The zero-order valence-corrected chi connectivity index (χ0v) is 28.1. The van der Waals surface area contributed by atoms with Crippen molar-refractivity contribution in [3.63, 3.8) is 0 Å². The summed E-state index contributed by atoms with van der Waals surface area (Å²) in [6.07, 6.45) is 0. The van der Waals surface area contributed by atoms with Gasteiger partial charge in [-0.25, -0.2) is 19.9 Å². The van der Waals surface area contributed by atoms with E-state index in [1.54, 1.807) is 0 Å². The average Bonchev–Trinajstić information content (AvgIpc) is 3.75. The summed E-state index contributed by atoms with van der Waals surface area (Å²) in [6, 6.07) is 65.5. The molecule has 9 aromatic rings. The Balaban J connectivity index is 1.22. The van der Waals surface area contributed by atoms with Crippen molar-refractivity contribution in [3.8, 4) is 51.0 Å². The molecule has 3 heterocycles. The molecule has 0 fully saturated rings. The zero-order chi connectivity index (χ0) is 34.5. The summed E-state index contributed by atoms with van der Waals surface area (Å²) in [4.78, 5) is 20.4. The van der Waals surface area contributed by atoms with Gasteiger partial charge in [0.15, 0.2) is 17.5 Å². The second-order valence-electron chi connectivity index (χ2n) is 13.1. The van der Waals surface area contributed by atoms with Crippen LogP contribution in [0.15, 0.2) is 188 Å². The first kappa shape index (κ1) is 29.9. The molecule has 52 heavy (non-hydrogen) atoms. The molecule has 0 saturated heterocycles. The molecule has 5 heteroatoms. The highest BCUT2D eigenvalue weighted by Gasteiger charge is 2.49. The van der Waals surface area contributed by atoms with E-state index in [1.165, 1.54) is 16.7 Å². The summed E-state index contributed by atoms with van der Waals surface area (Å²) >= 11 is 0. The monoisotopic (exact) mass is 665 g/mol. The van der Waals surface area contributed by atoms with Crippen LogP contribution in [0.25, 0.3) is 62.0 Å². The Hall–Kier alpha value is -6.98. The molecule has 0 N–H and O–H groups in total. The summed E-state index contributed by atoms with van der Waals surface area (Å²) in [5.74, 6) is 2.89. The van der Waals surface area contributed by atoms with E-state index in [4.69, 9.17) is 19.9 Å². The lowest BCUT2D eigenvalue weighted by atomic mass is 9.69. The Morgan fingerprint density at radius 1 is 0.385 bits per heavy atom. The second kappa shape index (κ2) is 12.1. The molecule has 0 saturated carbocycles. The van der Waals surface area contributed by atoms with Gasteiger partial charge in [-0.3, -0.25) is 4.57 Å². The molecule has 0 bridgehead atoms. The molecule has 0 radical (unpaired) electrons. The van der Waals surface area contributed by atoms with Gasteiger partial charge in [0, 0.05) is 22.3 Å². The fourth-order valence-corrected chi connectivity index (χ4v) is 7.82. The van der Waals surface area contributed by atoms with Gasteiger partial charge in [-0.05, 0) is 40.5 Å². The van der Waals surface area contributed by atoms with E-state index >= 15 is 0 Å². The van der Waals surface area contributed by atoms with E-state index in [0.29, 0.717) is 17.5 Å². The fraction of sp³-hybridized carbons (Fsp3) is 0.0213. The molecule has 7 aromatic carbocycles. The van der Waals surface area contributed by atoms with Crippen molar-refractivity contribution >= 4 is 11.0 Å². The number of rotatable bonds is 6. The normalized spacial score (nSPS) is 12.8. The Kier molecular flexibility index (Phi) is 6.96. The average molecular weight is 666 g/mol. The van der Waals surface area contributed by atoms with Crippen molar-refractivity contribution in [2.45, 2.75) is 5.41 Å². The number of hydrogen-bond acceptors (Lipinski definition) is 4. The molecule has 0 amide bonds. The molecule has 0 spiro atoms. The Labute approximate surface area is 301 Å². The first-order chi connectivity index (χ1) is 25.8. The SMILES string of the molecule is c1ccc(-c2nc(-c3ccccc3)nc(-c3cccc(-c4cccc5c4-n4c(nc6ccccc64)C5(c4ccccc4)c4ccccc4)c3)n2)cc1. The van der Waals surface area contributed by atoms with Gasteiger partial charge in [0.25, 0.3) is 0 Å². The lowest BCUT2D eigenvalue weighted by Gasteiger charge is -2.31. The summed E-state index contributed by atoms with van der Waals surface area (Å²) in [6.45, 7) is 0. The maximum Gasteiger partial charge on any atom is 0.164 e. The molecule has 2 aromatic heterocycles. The van der Waals surface area contributed by atoms with Crippen LogP contribution < -0.4 is 0 Å². The summed E-state index contributed by atoms with van der Waals surface area (Å²) in [7, 11) is 0. The van der Waals surface area contributed by atoms with E-state index in [1.807, 2.05) is 60.7 Å². The van der Waals surface area contributed by atoms with E-state index in [-0.39, 0.29) is 0 Å². The molecular weight excluding hydrogens is 635 g/mol. The van der Waals surface area contributed by atoms with Crippen molar-refractivity contribution in [2.75, 3.05) is 0 Å². The lowest BCUT2D eigenvalue weighted by Crippen LogP contribution is -2.29. The van der Waals surface area contributed by atoms with Crippen molar-refractivity contribution < 1.29 is 0 Å². The highest BCUT2D eigenvalue weighted by Crippen LogP contribution is 2.54. The van der Waals surface area contributed by atoms with Crippen LogP contribution in [-0.2, 0) is 5.41 Å². The van der Waals surface area contributed by atoms with E-state index in [9.17, 15) is 0 Å². The maximum atomic E-state index is 5.43. The number of imidazole rings is 1. The van der Waals surface area contributed by atoms with E-state index in [0.717, 1.165) is 50.4 Å². The first-order valence-corrected chi connectivity index (χ1v) is 17.5. The highest BCUT2D eigenvalue weighted by molar-refractivity contribution is 5.90. The summed E-state index contributed by atoms with van der Waals surface area (Å²) < 4.78 is 2.39. The van der Waals surface area contributed by atoms with Crippen LogP contribution in [0.4, 0.5) is 0 Å². The third-order valence-electron chi connectivity index (χ3n) is 10.1. The molecule has 0 aliphatic carbocycles. The Bertz CT molecular complexity index is 2620. The van der Waals surface area contributed by atoms with Gasteiger partial charge in [-0.2, -0.15) is 0 Å². The van der Waals surface area contributed by atoms with Crippen LogP contribution in [0.5, 0.6) is 0 Å². The van der Waals surface area contributed by atoms with Gasteiger partial charge >= 0.3 is 0 Å². The second-order valence-corrected chi connectivity index (χ2v) is 13.1. The molecule has 5 nitrogen and oxygen atoms in total. The molecule has 10 rings (SSSR count). The van der Waals surface area contributed by atoms with E-state index in [2.05, 4.69) is 132 Å². The maximum absolute atomic E-state index is 5.43. The van der Waals surface area contributed by atoms with Crippen LogP contribution in [0.3, 0.4) is 0 Å². The highest BCUT2D eigenvalue weighted by atomic mass is 15.1. The molecule has 1 aliphatic heterocycles. The smallest absolute Gasteiger partial charge is 0.164 e. The van der Waals surface area contributed by atoms with Crippen molar-refractivity contribution in [1.29, 1.82) is 0 Å². The molecule has 0 atom stereocenters. The van der Waals surface area contributed by atoms with Crippen LogP contribution in [0.2, 0.25) is 0 Å². The van der Waals surface area contributed by atoms with E-state index < -0.39 is 5.41 Å². The van der Waals surface area contributed by atoms with Gasteiger partial charge in [-0.1, -0.05) is 170 Å². The Morgan fingerprint density at radius 2 is 0.865 bits per heavy atom. The minimum absolute atomic E-state index is 0.624. The predicted octanol–water partition coefficient (Wildman–Crippen LogP) is 10.6. The fourth-order valence-electron chi connectivity index (χ4n) is 7.82. The summed E-state index contributed by atoms with van der Waals surface area (Å²) in [5, 5.41) is 0. The van der Waals surface area contributed by atoms with Gasteiger partial charge in [-0.15, -0.1) is 0 Å². The number of para-hydroxylation sites is 3. The van der Waals surface area contributed by atoms with Gasteiger partial charge < -0.3 is 0 Å². The Morgan fingerprint density at radius 3 is 1.48 bits per heavy atom. The lowest BCUT2D eigenvalue weighted by molar-refractivity contribution is 0.718. The predicted molar refractivity (Wildman–Crippen MR) is 208 cm³/mol. The van der Waals surface area contributed by atoms with Gasteiger partial charge in [0.2, 0.25) is 0 Å². The molecule has 1 aliphatic rings. The third kappa shape index (κ3) is 4.63. The number of nitrogens with zero attached hydrogens (tertiary/aromatic N) is 5. The van der Waals surface area contributed by atoms with Crippen LogP contribution >= 0.6 is 0 Å². The van der Waals surface area contributed by atoms with Crippen LogP contribution in [-0.4, -0.2) is 24.5 Å². The topological polar surface area (TPSA) is 56.5 Å². The number of hydrogen-bond donors (Lipinski definition) is 0. The minimum Gasteiger partial charge on any atom is -0.294 e. The standard InChI is InChI=1S/C47H31N5/c1-5-17-32(18-6-1)43-49-44(33-19-7-2-8-20-33)51-45(50-43)35-22-15-21-34(31-35)38-27-16-28-39-42(38)52-41-30-14-13-29-40(41)48-46(52)47(39,36-23-9-3-10-24-36)37-25-11-4-12-26-37/h1-31H. The van der Waals surface area contributed by atoms with Gasteiger partial charge in [0.1, 0.15) is 11.2 Å². The third-order valence-corrected chi connectivity index (χ3v) is 10.1. The quantitative estimate of drug-likeness (QED) is 0.177. The number of benzene rings is 7. The number of aromatic nitrogens is 5. The largest absolute Gasteiger partial charge is 0.294 e. The number of fused-ring (bicyclic) bond motifs is 5. The zero-order valence-electron chi connectivity index (χ0n) is 28.1. The first-order valence-electron chi connectivity index (χ1n) is 17.5. The van der Waals surface area contributed by atoms with Crippen LogP contribution in [0.1, 0.15) is 22.5 Å². The van der Waals surface area contributed by atoms with Crippen molar-refractivity contribution in [1.82, 2.24) is 24.5 Å². The van der Waals surface area contributed by atoms with Gasteiger partial charge in [0.05, 0.1) is 16.7 Å².